The van der Waals surface area contributed by atoms with E-state index < -0.39 is 0 Å². The van der Waals surface area contributed by atoms with Gasteiger partial charge >= 0.3 is 0 Å². The number of aromatic nitrogens is 3. The lowest BCUT2D eigenvalue weighted by Crippen LogP contribution is -2.38. The summed E-state index contributed by atoms with van der Waals surface area (Å²) in [4.78, 5) is 4.15. The van der Waals surface area contributed by atoms with Crippen LogP contribution in [-0.2, 0) is 19.4 Å². The van der Waals surface area contributed by atoms with E-state index in [1.165, 1.54) is 11.1 Å². The summed E-state index contributed by atoms with van der Waals surface area (Å²) in [5.74, 6) is 1.03. The van der Waals surface area contributed by atoms with Gasteiger partial charge in [-0.3, -0.25) is 0 Å². The van der Waals surface area contributed by atoms with Gasteiger partial charge in [-0.2, -0.15) is 0 Å². The van der Waals surface area contributed by atoms with Crippen LogP contribution in [0.5, 0.6) is 0 Å². The first-order chi connectivity index (χ1) is 11.4. The lowest BCUT2D eigenvalue weighted by Gasteiger charge is -2.28. The van der Waals surface area contributed by atoms with Crippen molar-refractivity contribution in [2.24, 2.45) is 0 Å². The van der Waals surface area contributed by atoms with Crippen molar-refractivity contribution < 1.29 is 4.52 Å². The molecule has 0 fully saturated rings. The molecule has 4 rings (SSSR count). The number of nitrogens with one attached hydrogen (secondary N) is 1. The summed E-state index contributed by atoms with van der Waals surface area (Å²) < 4.78 is 7.49. The fraction of sp³-hybridized carbons (Fsp3) is 0.333. The smallest absolute Gasteiger partial charge is 0.141 e. The molecule has 0 spiro atoms. The first-order valence-corrected chi connectivity index (χ1v) is 8.07. The Kier molecular flexibility index (Phi) is 3.94. The Labute approximate surface area is 135 Å². The second-order valence-corrected chi connectivity index (χ2v) is 6.10. The maximum absolute atomic E-state index is 5.37. The van der Waals surface area contributed by atoms with Gasteiger partial charge in [0.2, 0.25) is 0 Å². The van der Waals surface area contributed by atoms with Gasteiger partial charge in [0.05, 0.1) is 18.6 Å². The molecule has 0 amide bonds. The summed E-state index contributed by atoms with van der Waals surface area (Å²) in [6, 6.07) is 11.2. The summed E-state index contributed by atoms with van der Waals surface area (Å²) in [6.45, 7) is 0.865. The number of benzene rings is 1. The van der Waals surface area contributed by atoms with E-state index in [-0.39, 0.29) is 6.04 Å². The molecule has 0 radical (unpaired) electrons. The molecule has 0 saturated carbocycles. The third kappa shape index (κ3) is 3.19. The maximum atomic E-state index is 5.37. The van der Waals surface area contributed by atoms with Crippen LogP contribution < -0.4 is 5.32 Å². The zero-order chi connectivity index (χ0) is 15.5. The third-order valence-corrected chi connectivity index (χ3v) is 4.51. The Morgan fingerprint density at radius 2 is 2.22 bits per heavy atom. The van der Waals surface area contributed by atoms with Crippen LogP contribution in [0.2, 0.25) is 0 Å². The molecule has 0 aliphatic heterocycles. The summed E-state index contributed by atoms with van der Waals surface area (Å²) in [5, 5.41) is 7.73. The predicted molar refractivity (Wildman–Crippen MR) is 86.9 cm³/mol. The molecular formula is C18H20N4O. The van der Waals surface area contributed by atoms with Crippen molar-refractivity contribution in [3.63, 3.8) is 0 Å². The number of hydrogen-bond donors (Lipinski definition) is 1. The minimum absolute atomic E-state index is 0.250. The van der Waals surface area contributed by atoms with Crippen molar-refractivity contribution in [2.45, 2.75) is 37.9 Å². The molecule has 2 atom stereocenters. The highest BCUT2D eigenvalue weighted by Crippen LogP contribution is 2.24. The van der Waals surface area contributed by atoms with Crippen LogP contribution in [0.4, 0.5) is 0 Å². The van der Waals surface area contributed by atoms with Gasteiger partial charge in [-0.25, -0.2) is 4.98 Å². The van der Waals surface area contributed by atoms with Crippen molar-refractivity contribution in [3.8, 4) is 0 Å². The Morgan fingerprint density at radius 1 is 1.30 bits per heavy atom. The molecule has 1 aliphatic carbocycles. The number of nitrogens with zero attached hydrogens (tertiary/aromatic N) is 3. The molecule has 5 nitrogen and oxygen atoms in total. The fourth-order valence-corrected chi connectivity index (χ4v) is 3.28. The number of hydrogen-bond acceptors (Lipinski definition) is 4. The van der Waals surface area contributed by atoms with Crippen molar-refractivity contribution in [1.29, 1.82) is 0 Å². The second kappa shape index (κ2) is 6.38. The van der Waals surface area contributed by atoms with Gasteiger partial charge in [-0.05, 0) is 18.4 Å². The Morgan fingerprint density at radius 3 is 3.04 bits per heavy atom. The summed E-state index contributed by atoms with van der Waals surface area (Å²) >= 11 is 0. The average Bonchev–Trinajstić information content (AvgIpc) is 3.26. The van der Waals surface area contributed by atoms with E-state index in [0.717, 1.165) is 31.6 Å². The quantitative estimate of drug-likeness (QED) is 0.787. The van der Waals surface area contributed by atoms with E-state index >= 15 is 0 Å². The zero-order valence-corrected chi connectivity index (χ0v) is 12.9. The molecule has 3 aromatic rings. The molecule has 2 aromatic heterocycles. The van der Waals surface area contributed by atoms with E-state index in [1.807, 2.05) is 24.9 Å². The van der Waals surface area contributed by atoms with Gasteiger partial charge in [0, 0.05) is 37.0 Å². The topological polar surface area (TPSA) is 55.9 Å². The van der Waals surface area contributed by atoms with E-state index in [1.54, 1.807) is 0 Å². The standard InChI is InChI=1S/C18H20N4O/c1-2-4-14(5-3-1)17(12-22-9-8-19-13-22)21-16-7-6-15-11-20-23-18(15)10-16/h1-5,8-9,11,13,16-17,21H,6-7,10,12H2. The minimum Gasteiger partial charge on any atom is -0.361 e. The Balaban J connectivity index is 1.51. The van der Waals surface area contributed by atoms with Crippen LogP contribution in [-0.4, -0.2) is 20.7 Å². The van der Waals surface area contributed by atoms with Crippen molar-refractivity contribution in [1.82, 2.24) is 20.0 Å². The molecule has 0 bridgehead atoms. The van der Waals surface area contributed by atoms with E-state index in [9.17, 15) is 0 Å². The summed E-state index contributed by atoms with van der Waals surface area (Å²) in [5.41, 5.74) is 2.55. The van der Waals surface area contributed by atoms with Gasteiger partial charge in [0.25, 0.3) is 0 Å². The van der Waals surface area contributed by atoms with Gasteiger partial charge in [-0.1, -0.05) is 35.5 Å². The van der Waals surface area contributed by atoms with E-state index in [0.29, 0.717) is 6.04 Å². The first-order valence-electron chi connectivity index (χ1n) is 8.07. The Hall–Kier alpha value is -2.40. The van der Waals surface area contributed by atoms with Gasteiger partial charge < -0.3 is 14.4 Å². The van der Waals surface area contributed by atoms with Crippen molar-refractivity contribution in [2.75, 3.05) is 0 Å². The lowest BCUT2D eigenvalue weighted by molar-refractivity contribution is 0.319. The molecule has 23 heavy (non-hydrogen) atoms. The molecule has 1 N–H and O–H groups in total. The molecule has 0 saturated heterocycles. The predicted octanol–water partition coefficient (Wildman–Crippen LogP) is 2.76. The van der Waals surface area contributed by atoms with Crippen LogP contribution >= 0.6 is 0 Å². The van der Waals surface area contributed by atoms with Crippen LogP contribution in [0.25, 0.3) is 0 Å². The van der Waals surface area contributed by atoms with Crippen LogP contribution in [0, 0.1) is 0 Å². The van der Waals surface area contributed by atoms with Gasteiger partial charge in [0.15, 0.2) is 0 Å². The molecule has 118 valence electrons. The number of aryl methyl sites for hydroxylation is 1. The molecule has 1 aromatic carbocycles. The number of fused-ring (bicyclic) bond motifs is 1. The highest BCUT2D eigenvalue weighted by Gasteiger charge is 2.24. The maximum Gasteiger partial charge on any atom is 0.141 e. The largest absolute Gasteiger partial charge is 0.361 e. The average molecular weight is 308 g/mol. The lowest BCUT2D eigenvalue weighted by atomic mass is 9.93. The highest BCUT2D eigenvalue weighted by molar-refractivity contribution is 5.21. The molecule has 2 heterocycles. The minimum atomic E-state index is 0.250. The number of imidazole rings is 1. The Bertz CT molecular complexity index is 735. The highest BCUT2D eigenvalue weighted by atomic mass is 16.5. The second-order valence-electron chi connectivity index (χ2n) is 6.10. The number of rotatable bonds is 5. The molecular weight excluding hydrogens is 288 g/mol. The van der Waals surface area contributed by atoms with Gasteiger partial charge in [-0.15, -0.1) is 0 Å². The van der Waals surface area contributed by atoms with Crippen molar-refractivity contribution in [3.05, 3.63) is 72.1 Å². The first kappa shape index (κ1) is 14.2. The fourth-order valence-electron chi connectivity index (χ4n) is 3.28. The van der Waals surface area contributed by atoms with E-state index in [4.69, 9.17) is 4.52 Å². The van der Waals surface area contributed by atoms with Crippen LogP contribution in [0.1, 0.15) is 29.3 Å². The normalized spacial score (nSPS) is 18.5. The van der Waals surface area contributed by atoms with Crippen molar-refractivity contribution >= 4 is 0 Å². The van der Waals surface area contributed by atoms with E-state index in [2.05, 4.69) is 50.4 Å². The van der Waals surface area contributed by atoms with Gasteiger partial charge in [0.1, 0.15) is 5.76 Å². The summed E-state index contributed by atoms with van der Waals surface area (Å²) in [7, 11) is 0. The monoisotopic (exact) mass is 308 g/mol. The third-order valence-electron chi connectivity index (χ3n) is 4.51. The molecule has 5 heteroatoms. The SMILES string of the molecule is c1ccc(C(Cn2ccnc2)NC2CCc3cnoc3C2)cc1. The molecule has 2 unspecified atom stereocenters. The molecule has 1 aliphatic rings. The zero-order valence-electron chi connectivity index (χ0n) is 12.9. The van der Waals surface area contributed by atoms with Crippen LogP contribution in [0.3, 0.4) is 0 Å². The van der Waals surface area contributed by atoms with Crippen LogP contribution in [0.15, 0.2) is 59.8 Å². The summed E-state index contributed by atoms with van der Waals surface area (Å²) in [6.07, 6.45) is 10.6.